The summed E-state index contributed by atoms with van der Waals surface area (Å²) in [6.45, 7) is 1.91. The van der Waals surface area contributed by atoms with E-state index in [0.29, 0.717) is 16.8 Å². The van der Waals surface area contributed by atoms with Crippen molar-refractivity contribution in [1.82, 2.24) is 4.72 Å². The highest BCUT2D eigenvalue weighted by atomic mass is 32.2. The summed E-state index contributed by atoms with van der Waals surface area (Å²) in [5.74, 6) is -0.565. The third-order valence-corrected chi connectivity index (χ3v) is 5.60. The molecule has 0 fully saturated rings. The van der Waals surface area contributed by atoms with Crippen molar-refractivity contribution in [2.75, 3.05) is 19.0 Å². The van der Waals surface area contributed by atoms with Crippen LogP contribution in [0, 0.1) is 6.92 Å². The molecule has 2 N–H and O–H groups in total. The van der Waals surface area contributed by atoms with Crippen LogP contribution in [-0.2, 0) is 19.6 Å². The van der Waals surface area contributed by atoms with E-state index in [1.807, 2.05) is 0 Å². The summed E-state index contributed by atoms with van der Waals surface area (Å²) in [7, 11) is -2.31. The maximum atomic E-state index is 12.2. The Hall–Kier alpha value is -3.20. The minimum Gasteiger partial charge on any atom is -0.465 e. The zero-order chi connectivity index (χ0) is 20.3. The van der Waals surface area contributed by atoms with Gasteiger partial charge in [0.05, 0.1) is 24.1 Å². The van der Waals surface area contributed by atoms with Crippen LogP contribution in [0.1, 0.15) is 27.9 Å². The number of esters is 1. The molecule has 8 nitrogen and oxygen atoms in total. The fourth-order valence-electron chi connectivity index (χ4n) is 2.73. The largest absolute Gasteiger partial charge is 0.465 e. The van der Waals surface area contributed by atoms with Gasteiger partial charge in [-0.3, -0.25) is 14.5 Å². The summed E-state index contributed by atoms with van der Waals surface area (Å²) in [5, 5.41) is 2.74. The van der Waals surface area contributed by atoms with Crippen molar-refractivity contribution < 1.29 is 22.7 Å². The van der Waals surface area contributed by atoms with Gasteiger partial charge in [-0.05, 0) is 36.8 Å². The maximum Gasteiger partial charge on any atom is 0.337 e. The Kier molecular flexibility index (Phi) is 5.46. The number of hydrogen-bond donors (Lipinski definition) is 2. The van der Waals surface area contributed by atoms with Gasteiger partial charge in [-0.2, -0.15) is 0 Å². The number of hydrogen-bond acceptors (Lipinski definition) is 6. The number of benzene rings is 2. The first kappa shape index (κ1) is 19.6. The SMILES string of the molecule is COC(=O)c1ccc(C)c(NC(=O)CCN=C2NS(=O)(=O)c3ccccc32)c1. The molecular formula is C19H19N3O5S. The minimum absolute atomic E-state index is 0.0509. The number of carbonyl (C=O) groups is 2. The zero-order valence-electron chi connectivity index (χ0n) is 15.4. The first-order valence-electron chi connectivity index (χ1n) is 8.47. The zero-order valence-corrected chi connectivity index (χ0v) is 16.2. The molecule has 0 spiro atoms. The van der Waals surface area contributed by atoms with Crippen LogP contribution in [0.5, 0.6) is 0 Å². The molecule has 1 heterocycles. The number of sulfonamides is 1. The van der Waals surface area contributed by atoms with E-state index < -0.39 is 16.0 Å². The lowest BCUT2D eigenvalue weighted by Gasteiger charge is -2.09. The summed E-state index contributed by atoms with van der Waals surface area (Å²) in [6, 6.07) is 11.4. The van der Waals surface area contributed by atoms with Crippen molar-refractivity contribution in [1.29, 1.82) is 0 Å². The topological polar surface area (TPSA) is 114 Å². The number of aryl methyl sites for hydroxylation is 1. The van der Waals surface area contributed by atoms with Gasteiger partial charge in [-0.15, -0.1) is 0 Å². The van der Waals surface area contributed by atoms with E-state index in [-0.39, 0.29) is 29.6 Å². The second-order valence-corrected chi connectivity index (χ2v) is 7.80. The first-order valence-corrected chi connectivity index (χ1v) is 9.95. The summed E-state index contributed by atoms with van der Waals surface area (Å²) >= 11 is 0. The molecule has 1 amide bonds. The Bertz CT molecular complexity index is 1080. The number of aliphatic imine (C=N–C) groups is 1. The highest BCUT2D eigenvalue weighted by Crippen LogP contribution is 2.22. The van der Waals surface area contributed by atoms with Crippen molar-refractivity contribution in [3.63, 3.8) is 0 Å². The van der Waals surface area contributed by atoms with Gasteiger partial charge < -0.3 is 10.1 Å². The lowest BCUT2D eigenvalue weighted by molar-refractivity contribution is -0.116. The number of carbonyl (C=O) groups excluding carboxylic acids is 2. The van der Waals surface area contributed by atoms with E-state index in [2.05, 4.69) is 19.8 Å². The molecule has 28 heavy (non-hydrogen) atoms. The van der Waals surface area contributed by atoms with Crippen LogP contribution in [0.25, 0.3) is 0 Å². The van der Waals surface area contributed by atoms with Crippen molar-refractivity contribution >= 4 is 33.4 Å². The number of nitrogens with one attached hydrogen (secondary N) is 2. The molecule has 9 heteroatoms. The van der Waals surface area contributed by atoms with Crippen LogP contribution in [-0.4, -0.2) is 39.8 Å². The fourth-order valence-corrected chi connectivity index (χ4v) is 3.99. The highest BCUT2D eigenvalue weighted by molar-refractivity contribution is 7.90. The molecule has 1 aliphatic heterocycles. The second kappa shape index (κ2) is 7.81. The van der Waals surface area contributed by atoms with Crippen LogP contribution in [0.15, 0.2) is 52.4 Å². The molecule has 0 saturated heterocycles. The van der Waals surface area contributed by atoms with Crippen LogP contribution in [0.2, 0.25) is 0 Å². The molecule has 0 saturated carbocycles. The molecular weight excluding hydrogens is 382 g/mol. The van der Waals surface area contributed by atoms with Gasteiger partial charge >= 0.3 is 5.97 Å². The molecule has 1 aliphatic rings. The van der Waals surface area contributed by atoms with Crippen LogP contribution in [0.3, 0.4) is 0 Å². The normalized spacial score (nSPS) is 15.6. The van der Waals surface area contributed by atoms with Crippen LogP contribution < -0.4 is 10.0 Å². The molecule has 0 radical (unpaired) electrons. The number of amides is 1. The molecule has 2 aromatic rings. The highest BCUT2D eigenvalue weighted by Gasteiger charge is 2.29. The summed E-state index contributed by atoms with van der Waals surface area (Å²) < 4.78 is 31.2. The Morgan fingerprint density at radius 1 is 1.18 bits per heavy atom. The van der Waals surface area contributed by atoms with Gasteiger partial charge in [0.25, 0.3) is 10.0 Å². The van der Waals surface area contributed by atoms with E-state index in [9.17, 15) is 18.0 Å². The van der Waals surface area contributed by atoms with E-state index in [4.69, 9.17) is 0 Å². The van der Waals surface area contributed by atoms with Gasteiger partial charge in [0.2, 0.25) is 5.91 Å². The van der Waals surface area contributed by atoms with Crippen molar-refractivity contribution in [2.24, 2.45) is 4.99 Å². The number of amidine groups is 1. The second-order valence-electron chi connectivity index (χ2n) is 6.15. The average molecular weight is 401 g/mol. The third-order valence-electron chi connectivity index (χ3n) is 4.20. The van der Waals surface area contributed by atoms with Crippen LogP contribution in [0.4, 0.5) is 5.69 Å². The Labute approximate surface area is 162 Å². The fraction of sp³-hybridized carbons (Fsp3) is 0.211. The van der Waals surface area contributed by atoms with Crippen molar-refractivity contribution in [3.05, 3.63) is 59.2 Å². The predicted molar refractivity (Wildman–Crippen MR) is 104 cm³/mol. The molecule has 0 unspecified atom stereocenters. The van der Waals surface area contributed by atoms with Gasteiger partial charge in [-0.1, -0.05) is 18.2 Å². The van der Waals surface area contributed by atoms with Gasteiger partial charge in [-0.25, -0.2) is 13.2 Å². The molecule has 0 atom stereocenters. The monoisotopic (exact) mass is 401 g/mol. The number of anilines is 1. The van der Waals surface area contributed by atoms with Crippen molar-refractivity contribution in [3.8, 4) is 0 Å². The molecule has 3 rings (SSSR count). The maximum absolute atomic E-state index is 12.2. The van der Waals surface area contributed by atoms with Crippen molar-refractivity contribution in [2.45, 2.75) is 18.2 Å². The Balaban J connectivity index is 1.66. The standard InChI is InChI=1S/C19H19N3O5S/c1-12-7-8-13(19(24)27-2)11-15(12)21-17(23)9-10-20-18-14-5-3-4-6-16(14)28(25,26)22-18/h3-8,11H,9-10H2,1-2H3,(H,20,22)(H,21,23). The average Bonchev–Trinajstić information content (AvgIpc) is 2.93. The molecule has 2 aromatic carbocycles. The smallest absolute Gasteiger partial charge is 0.337 e. The summed E-state index contributed by atoms with van der Waals surface area (Å²) in [4.78, 5) is 28.2. The number of methoxy groups -OCH3 is 1. The van der Waals surface area contributed by atoms with Gasteiger partial charge in [0.1, 0.15) is 5.84 Å². The number of ether oxygens (including phenoxy) is 1. The van der Waals surface area contributed by atoms with E-state index >= 15 is 0 Å². The summed E-state index contributed by atoms with van der Waals surface area (Å²) in [5.41, 5.74) is 2.13. The molecule has 0 aliphatic carbocycles. The summed E-state index contributed by atoms with van der Waals surface area (Å²) in [6.07, 6.45) is 0.0509. The number of rotatable bonds is 5. The number of fused-ring (bicyclic) bond motifs is 1. The predicted octanol–water partition coefficient (Wildman–Crippen LogP) is 1.85. The lowest BCUT2D eigenvalue weighted by Crippen LogP contribution is -2.23. The molecule has 0 aromatic heterocycles. The Morgan fingerprint density at radius 2 is 1.93 bits per heavy atom. The number of nitrogens with zero attached hydrogens (tertiary/aromatic N) is 1. The van der Waals surface area contributed by atoms with E-state index in [1.54, 1.807) is 43.3 Å². The van der Waals surface area contributed by atoms with E-state index in [1.165, 1.54) is 13.2 Å². The first-order chi connectivity index (χ1) is 13.3. The molecule has 0 bridgehead atoms. The van der Waals surface area contributed by atoms with Gasteiger partial charge in [0.15, 0.2) is 0 Å². The third kappa shape index (κ3) is 4.04. The Morgan fingerprint density at radius 3 is 2.68 bits per heavy atom. The van der Waals surface area contributed by atoms with E-state index in [0.717, 1.165) is 5.56 Å². The quantitative estimate of drug-likeness (QED) is 0.742. The van der Waals surface area contributed by atoms with Crippen LogP contribution >= 0.6 is 0 Å². The lowest BCUT2D eigenvalue weighted by atomic mass is 10.1. The molecule has 146 valence electrons. The van der Waals surface area contributed by atoms with Gasteiger partial charge in [0, 0.05) is 17.7 Å². The minimum atomic E-state index is -3.60.